The maximum atomic E-state index is 11.5. The standard InChI is InChI=1S/C12H25N3O/c1-8(2)9(3)15-12(16)14-7-10-4-5-11(13)6-10/h8-11H,4-7,13H2,1-3H3,(H2,14,15,16). The molecule has 0 aliphatic heterocycles. The molecule has 1 aliphatic rings. The van der Waals surface area contributed by atoms with Crippen LogP contribution in [0.4, 0.5) is 4.79 Å². The van der Waals surface area contributed by atoms with Gasteiger partial charge in [-0.25, -0.2) is 4.79 Å². The van der Waals surface area contributed by atoms with Crippen LogP contribution in [0.15, 0.2) is 0 Å². The number of carbonyl (C=O) groups excluding carboxylic acids is 1. The maximum absolute atomic E-state index is 11.5. The first-order chi connectivity index (χ1) is 7.49. The number of urea groups is 1. The van der Waals surface area contributed by atoms with Crippen molar-refractivity contribution in [1.29, 1.82) is 0 Å². The van der Waals surface area contributed by atoms with Crippen LogP contribution in [0.5, 0.6) is 0 Å². The lowest BCUT2D eigenvalue weighted by Gasteiger charge is -2.19. The number of amides is 2. The molecule has 1 fully saturated rings. The van der Waals surface area contributed by atoms with E-state index in [2.05, 4.69) is 24.5 Å². The van der Waals surface area contributed by atoms with E-state index in [1.54, 1.807) is 0 Å². The minimum Gasteiger partial charge on any atom is -0.338 e. The van der Waals surface area contributed by atoms with Gasteiger partial charge in [0.15, 0.2) is 0 Å². The second kappa shape index (κ2) is 6.09. The Hall–Kier alpha value is -0.770. The van der Waals surface area contributed by atoms with E-state index in [-0.39, 0.29) is 12.1 Å². The molecule has 0 heterocycles. The average molecular weight is 227 g/mol. The molecule has 0 radical (unpaired) electrons. The number of hydrogen-bond acceptors (Lipinski definition) is 2. The number of carbonyl (C=O) groups is 1. The van der Waals surface area contributed by atoms with Gasteiger partial charge in [0.25, 0.3) is 0 Å². The number of nitrogens with two attached hydrogens (primary N) is 1. The number of nitrogens with one attached hydrogen (secondary N) is 2. The molecule has 4 heteroatoms. The summed E-state index contributed by atoms with van der Waals surface area (Å²) in [5.41, 5.74) is 5.82. The fourth-order valence-corrected chi connectivity index (χ4v) is 1.96. The normalized spacial score (nSPS) is 26.8. The van der Waals surface area contributed by atoms with E-state index in [9.17, 15) is 4.79 Å². The van der Waals surface area contributed by atoms with Crippen molar-refractivity contribution < 1.29 is 4.79 Å². The van der Waals surface area contributed by atoms with Gasteiger partial charge in [0.2, 0.25) is 0 Å². The van der Waals surface area contributed by atoms with Crippen LogP contribution < -0.4 is 16.4 Å². The summed E-state index contributed by atoms with van der Waals surface area (Å²) in [6, 6.07) is 0.497. The highest BCUT2D eigenvalue weighted by atomic mass is 16.2. The van der Waals surface area contributed by atoms with E-state index in [1.165, 1.54) is 0 Å². The van der Waals surface area contributed by atoms with Gasteiger partial charge in [-0.15, -0.1) is 0 Å². The Morgan fingerprint density at radius 2 is 2.06 bits per heavy atom. The first kappa shape index (κ1) is 13.3. The molecule has 1 aliphatic carbocycles. The third-order valence-electron chi connectivity index (χ3n) is 3.49. The minimum atomic E-state index is -0.0540. The highest BCUT2D eigenvalue weighted by molar-refractivity contribution is 5.74. The molecule has 1 rings (SSSR count). The first-order valence-corrected chi connectivity index (χ1v) is 6.29. The molecule has 4 nitrogen and oxygen atoms in total. The second-order valence-corrected chi connectivity index (χ2v) is 5.33. The molecule has 2 amide bonds. The van der Waals surface area contributed by atoms with Gasteiger partial charge in [-0.05, 0) is 38.0 Å². The molecular weight excluding hydrogens is 202 g/mol. The molecular formula is C12H25N3O. The Labute approximate surface area is 98.3 Å². The van der Waals surface area contributed by atoms with Crippen LogP contribution in [0.1, 0.15) is 40.0 Å². The van der Waals surface area contributed by atoms with E-state index >= 15 is 0 Å². The summed E-state index contributed by atoms with van der Waals surface area (Å²) in [5, 5.41) is 5.86. The molecule has 0 spiro atoms. The topological polar surface area (TPSA) is 67.2 Å². The Morgan fingerprint density at radius 3 is 2.56 bits per heavy atom. The fraction of sp³-hybridized carbons (Fsp3) is 0.917. The quantitative estimate of drug-likeness (QED) is 0.680. The molecule has 4 N–H and O–H groups in total. The molecule has 1 saturated carbocycles. The molecule has 0 aromatic heterocycles. The maximum Gasteiger partial charge on any atom is 0.315 e. The minimum absolute atomic E-state index is 0.0540. The third-order valence-corrected chi connectivity index (χ3v) is 3.49. The lowest BCUT2D eigenvalue weighted by atomic mass is 10.1. The second-order valence-electron chi connectivity index (χ2n) is 5.33. The smallest absolute Gasteiger partial charge is 0.315 e. The fourth-order valence-electron chi connectivity index (χ4n) is 1.96. The summed E-state index contributed by atoms with van der Waals surface area (Å²) < 4.78 is 0. The summed E-state index contributed by atoms with van der Waals surface area (Å²) in [6.07, 6.45) is 3.28. The van der Waals surface area contributed by atoms with Crippen molar-refractivity contribution in [3.8, 4) is 0 Å². The van der Waals surface area contributed by atoms with Gasteiger partial charge in [0.05, 0.1) is 0 Å². The lowest BCUT2D eigenvalue weighted by molar-refractivity contribution is 0.232. The SMILES string of the molecule is CC(C)C(C)NC(=O)NCC1CCC(N)C1. The van der Waals surface area contributed by atoms with E-state index in [4.69, 9.17) is 5.73 Å². The lowest BCUT2D eigenvalue weighted by Crippen LogP contribution is -2.44. The summed E-state index contributed by atoms with van der Waals surface area (Å²) in [5.74, 6) is 1.03. The van der Waals surface area contributed by atoms with Gasteiger partial charge in [-0.2, -0.15) is 0 Å². The van der Waals surface area contributed by atoms with E-state index in [1.807, 2.05) is 6.92 Å². The van der Waals surface area contributed by atoms with E-state index in [0.717, 1.165) is 25.8 Å². The Kier molecular flexibility index (Phi) is 5.06. The predicted molar refractivity (Wildman–Crippen MR) is 66.2 cm³/mol. The van der Waals surface area contributed by atoms with Gasteiger partial charge in [0, 0.05) is 18.6 Å². The van der Waals surface area contributed by atoms with Crippen molar-refractivity contribution >= 4 is 6.03 Å². The summed E-state index contributed by atoms with van der Waals surface area (Å²) in [6.45, 7) is 6.97. The van der Waals surface area contributed by atoms with Crippen molar-refractivity contribution in [2.24, 2.45) is 17.6 Å². The highest BCUT2D eigenvalue weighted by Crippen LogP contribution is 2.22. The monoisotopic (exact) mass is 227 g/mol. The van der Waals surface area contributed by atoms with Crippen molar-refractivity contribution in [1.82, 2.24) is 10.6 Å². The Balaban J connectivity index is 2.15. The Bertz CT molecular complexity index is 230. The zero-order valence-corrected chi connectivity index (χ0v) is 10.6. The van der Waals surface area contributed by atoms with Gasteiger partial charge < -0.3 is 16.4 Å². The zero-order valence-electron chi connectivity index (χ0n) is 10.6. The Morgan fingerprint density at radius 1 is 1.38 bits per heavy atom. The molecule has 94 valence electrons. The summed E-state index contributed by atoms with van der Waals surface area (Å²) in [7, 11) is 0. The summed E-state index contributed by atoms with van der Waals surface area (Å²) >= 11 is 0. The van der Waals surface area contributed by atoms with Crippen molar-refractivity contribution in [2.75, 3.05) is 6.54 Å². The van der Waals surface area contributed by atoms with Gasteiger partial charge in [-0.3, -0.25) is 0 Å². The van der Waals surface area contributed by atoms with Crippen LogP contribution in [0.3, 0.4) is 0 Å². The molecule has 3 atom stereocenters. The van der Waals surface area contributed by atoms with Crippen molar-refractivity contribution in [3.05, 3.63) is 0 Å². The number of hydrogen-bond donors (Lipinski definition) is 3. The highest BCUT2D eigenvalue weighted by Gasteiger charge is 2.22. The average Bonchev–Trinajstić information content (AvgIpc) is 2.61. The van der Waals surface area contributed by atoms with Gasteiger partial charge in [0.1, 0.15) is 0 Å². The molecule has 3 unspecified atom stereocenters. The van der Waals surface area contributed by atoms with Crippen LogP contribution in [0.2, 0.25) is 0 Å². The van der Waals surface area contributed by atoms with Crippen LogP contribution in [-0.4, -0.2) is 24.7 Å². The van der Waals surface area contributed by atoms with Crippen LogP contribution in [0, 0.1) is 11.8 Å². The molecule has 0 saturated heterocycles. The summed E-state index contributed by atoms with van der Waals surface area (Å²) in [4.78, 5) is 11.5. The van der Waals surface area contributed by atoms with E-state index in [0.29, 0.717) is 17.9 Å². The van der Waals surface area contributed by atoms with Crippen molar-refractivity contribution in [3.63, 3.8) is 0 Å². The van der Waals surface area contributed by atoms with Crippen molar-refractivity contribution in [2.45, 2.75) is 52.1 Å². The zero-order chi connectivity index (χ0) is 12.1. The predicted octanol–water partition coefficient (Wildman–Crippen LogP) is 1.46. The molecule has 0 aromatic carbocycles. The first-order valence-electron chi connectivity index (χ1n) is 6.29. The van der Waals surface area contributed by atoms with E-state index < -0.39 is 0 Å². The molecule has 16 heavy (non-hydrogen) atoms. The van der Waals surface area contributed by atoms with Gasteiger partial charge >= 0.3 is 6.03 Å². The molecule has 0 bridgehead atoms. The largest absolute Gasteiger partial charge is 0.338 e. The van der Waals surface area contributed by atoms with Crippen LogP contribution in [0.25, 0.3) is 0 Å². The van der Waals surface area contributed by atoms with Gasteiger partial charge in [-0.1, -0.05) is 13.8 Å². The molecule has 0 aromatic rings. The van der Waals surface area contributed by atoms with Crippen LogP contribution in [-0.2, 0) is 0 Å². The third kappa shape index (κ3) is 4.39. The number of rotatable bonds is 4. The van der Waals surface area contributed by atoms with Crippen LogP contribution >= 0.6 is 0 Å².